The second-order valence-electron chi connectivity index (χ2n) is 6.55. The summed E-state index contributed by atoms with van der Waals surface area (Å²) in [6, 6.07) is 16.2. The Labute approximate surface area is 168 Å². The summed E-state index contributed by atoms with van der Waals surface area (Å²) < 4.78 is 25.5. The third kappa shape index (κ3) is 5.55. The molecule has 150 valence electrons. The Bertz CT molecular complexity index is 790. The first-order valence-electron chi connectivity index (χ1n) is 9.64. The van der Waals surface area contributed by atoms with E-state index in [2.05, 4.69) is 20.1 Å². The minimum Gasteiger partial charge on any atom is -0.368 e. The molecule has 0 aromatic heterocycles. The SMILES string of the molecule is CCNC(=NCCS(=O)c1ccccc1)N1CCN(c2ccc(F)cc2)CC1. The molecule has 0 aliphatic carbocycles. The summed E-state index contributed by atoms with van der Waals surface area (Å²) in [7, 11) is -1.03. The molecule has 1 aliphatic rings. The van der Waals surface area contributed by atoms with Crippen LogP contribution in [-0.4, -0.2) is 60.1 Å². The van der Waals surface area contributed by atoms with Crippen LogP contribution in [0.3, 0.4) is 0 Å². The van der Waals surface area contributed by atoms with Gasteiger partial charge in [0, 0.05) is 49.1 Å². The summed E-state index contributed by atoms with van der Waals surface area (Å²) in [5.74, 6) is 1.16. The van der Waals surface area contributed by atoms with Crippen molar-refractivity contribution in [2.75, 3.05) is 49.9 Å². The number of nitrogens with zero attached hydrogens (tertiary/aromatic N) is 3. The van der Waals surface area contributed by atoms with Crippen molar-refractivity contribution in [1.29, 1.82) is 0 Å². The molecule has 0 bridgehead atoms. The van der Waals surface area contributed by atoms with E-state index in [1.165, 1.54) is 12.1 Å². The first kappa shape index (κ1) is 20.3. The number of halogens is 1. The smallest absolute Gasteiger partial charge is 0.194 e. The molecule has 2 aromatic carbocycles. The van der Waals surface area contributed by atoms with Crippen LogP contribution in [0.4, 0.5) is 10.1 Å². The third-order valence-electron chi connectivity index (χ3n) is 4.65. The van der Waals surface area contributed by atoms with Crippen molar-refractivity contribution in [1.82, 2.24) is 10.2 Å². The molecule has 1 fully saturated rings. The molecule has 1 saturated heterocycles. The predicted molar refractivity (Wildman–Crippen MR) is 114 cm³/mol. The molecular formula is C21H27FN4OS. The van der Waals surface area contributed by atoms with Crippen LogP contribution in [0.1, 0.15) is 6.92 Å². The Morgan fingerprint density at radius 1 is 1.07 bits per heavy atom. The van der Waals surface area contributed by atoms with E-state index >= 15 is 0 Å². The molecule has 1 N–H and O–H groups in total. The Hall–Kier alpha value is -2.41. The van der Waals surface area contributed by atoms with Crippen molar-refractivity contribution in [3.05, 3.63) is 60.4 Å². The van der Waals surface area contributed by atoms with Gasteiger partial charge in [0.05, 0.1) is 17.3 Å². The van der Waals surface area contributed by atoms with E-state index in [0.29, 0.717) is 12.3 Å². The summed E-state index contributed by atoms with van der Waals surface area (Å²) in [5, 5.41) is 3.34. The highest BCUT2D eigenvalue weighted by Gasteiger charge is 2.19. The lowest BCUT2D eigenvalue weighted by Crippen LogP contribution is -2.52. The molecule has 0 amide bonds. The normalized spacial score (nSPS) is 16.1. The quantitative estimate of drug-likeness (QED) is 0.596. The molecule has 7 heteroatoms. The van der Waals surface area contributed by atoms with E-state index < -0.39 is 10.8 Å². The van der Waals surface area contributed by atoms with Gasteiger partial charge in [-0.2, -0.15) is 0 Å². The lowest BCUT2D eigenvalue weighted by molar-refractivity contribution is 0.373. The summed E-state index contributed by atoms with van der Waals surface area (Å²) >= 11 is 0. The van der Waals surface area contributed by atoms with Crippen LogP contribution in [0.5, 0.6) is 0 Å². The van der Waals surface area contributed by atoms with Crippen LogP contribution in [0.2, 0.25) is 0 Å². The Morgan fingerprint density at radius 3 is 2.39 bits per heavy atom. The van der Waals surface area contributed by atoms with Crippen molar-refractivity contribution in [2.24, 2.45) is 4.99 Å². The first-order valence-corrected chi connectivity index (χ1v) is 11.0. The van der Waals surface area contributed by atoms with Gasteiger partial charge in [-0.15, -0.1) is 0 Å². The average molecular weight is 403 g/mol. The van der Waals surface area contributed by atoms with Gasteiger partial charge in [0.1, 0.15) is 5.82 Å². The van der Waals surface area contributed by atoms with Crippen LogP contribution in [0, 0.1) is 5.82 Å². The topological polar surface area (TPSA) is 47.9 Å². The maximum Gasteiger partial charge on any atom is 0.194 e. The minimum absolute atomic E-state index is 0.211. The number of benzene rings is 2. The van der Waals surface area contributed by atoms with Crippen molar-refractivity contribution >= 4 is 22.4 Å². The van der Waals surface area contributed by atoms with Crippen LogP contribution < -0.4 is 10.2 Å². The number of aliphatic imine (C=N–C) groups is 1. The molecule has 5 nitrogen and oxygen atoms in total. The van der Waals surface area contributed by atoms with Gasteiger partial charge in [-0.3, -0.25) is 9.20 Å². The second-order valence-corrected chi connectivity index (χ2v) is 8.12. The van der Waals surface area contributed by atoms with Gasteiger partial charge in [0.2, 0.25) is 0 Å². The van der Waals surface area contributed by atoms with E-state index in [0.717, 1.165) is 49.3 Å². The molecule has 1 atom stereocenters. The van der Waals surface area contributed by atoms with Crippen LogP contribution >= 0.6 is 0 Å². The molecule has 0 saturated carbocycles. The van der Waals surface area contributed by atoms with Crippen LogP contribution in [-0.2, 0) is 10.8 Å². The number of piperazine rings is 1. The molecule has 0 radical (unpaired) electrons. The molecule has 0 spiro atoms. The molecule has 2 aromatic rings. The maximum absolute atomic E-state index is 13.1. The fraction of sp³-hybridized carbons (Fsp3) is 0.381. The lowest BCUT2D eigenvalue weighted by Gasteiger charge is -2.37. The fourth-order valence-corrected chi connectivity index (χ4v) is 4.13. The van der Waals surface area contributed by atoms with Gasteiger partial charge in [-0.1, -0.05) is 18.2 Å². The molecule has 1 unspecified atom stereocenters. The van der Waals surface area contributed by atoms with Gasteiger partial charge in [0.15, 0.2) is 5.96 Å². The zero-order chi connectivity index (χ0) is 19.8. The lowest BCUT2D eigenvalue weighted by atomic mass is 10.2. The first-order chi connectivity index (χ1) is 13.7. The van der Waals surface area contributed by atoms with Gasteiger partial charge in [-0.05, 0) is 43.3 Å². The van der Waals surface area contributed by atoms with E-state index in [-0.39, 0.29) is 5.82 Å². The number of rotatable bonds is 6. The van der Waals surface area contributed by atoms with E-state index in [1.54, 1.807) is 0 Å². The number of anilines is 1. The number of nitrogens with one attached hydrogen (secondary N) is 1. The molecule has 28 heavy (non-hydrogen) atoms. The van der Waals surface area contributed by atoms with E-state index in [9.17, 15) is 8.60 Å². The van der Waals surface area contributed by atoms with Gasteiger partial charge in [0.25, 0.3) is 0 Å². The van der Waals surface area contributed by atoms with Gasteiger partial charge in [-0.25, -0.2) is 4.39 Å². The third-order valence-corrected chi connectivity index (χ3v) is 6.00. The molecule has 1 aliphatic heterocycles. The Morgan fingerprint density at radius 2 is 1.75 bits per heavy atom. The number of hydrogen-bond donors (Lipinski definition) is 1. The number of guanidine groups is 1. The highest BCUT2D eigenvalue weighted by molar-refractivity contribution is 7.85. The zero-order valence-corrected chi connectivity index (χ0v) is 17.0. The predicted octanol–water partition coefficient (Wildman–Crippen LogP) is 2.72. The van der Waals surface area contributed by atoms with Crippen molar-refractivity contribution in [2.45, 2.75) is 11.8 Å². The van der Waals surface area contributed by atoms with Gasteiger partial charge >= 0.3 is 0 Å². The fourth-order valence-electron chi connectivity index (χ4n) is 3.18. The maximum atomic E-state index is 13.1. The van der Waals surface area contributed by atoms with Crippen molar-refractivity contribution < 1.29 is 8.60 Å². The van der Waals surface area contributed by atoms with Crippen molar-refractivity contribution in [3.8, 4) is 0 Å². The summed E-state index contributed by atoms with van der Waals surface area (Å²) in [5.41, 5.74) is 1.04. The largest absolute Gasteiger partial charge is 0.368 e. The minimum atomic E-state index is -1.03. The Balaban J connectivity index is 1.54. The molecule has 3 rings (SSSR count). The number of hydrogen-bond acceptors (Lipinski definition) is 3. The second kappa shape index (κ2) is 10.2. The molecular weight excluding hydrogens is 375 g/mol. The van der Waals surface area contributed by atoms with Crippen molar-refractivity contribution in [3.63, 3.8) is 0 Å². The highest BCUT2D eigenvalue weighted by Crippen LogP contribution is 2.17. The summed E-state index contributed by atoms with van der Waals surface area (Å²) in [6.07, 6.45) is 0. The van der Waals surface area contributed by atoms with Crippen LogP contribution in [0.15, 0.2) is 64.5 Å². The average Bonchev–Trinajstić information content (AvgIpc) is 2.74. The summed E-state index contributed by atoms with van der Waals surface area (Å²) in [6.45, 7) is 6.74. The Kier molecular flexibility index (Phi) is 7.42. The van der Waals surface area contributed by atoms with Crippen LogP contribution in [0.25, 0.3) is 0 Å². The molecule has 1 heterocycles. The zero-order valence-electron chi connectivity index (χ0n) is 16.2. The highest BCUT2D eigenvalue weighted by atomic mass is 32.2. The van der Waals surface area contributed by atoms with E-state index in [1.807, 2.05) is 49.4 Å². The van der Waals surface area contributed by atoms with E-state index in [4.69, 9.17) is 0 Å². The summed E-state index contributed by atoms with van der Waals surface area (Å²) in [4.78, 5) is 10.0. The van der Waals surface area contributed by atoms with Gasteiger partial charge < -0.3 is 15.1 Å². The monoisotopic (exact) mass is 402 g/mol. The standard InChI is InChI=1S/C21H27FN4OS/c1-2-23-21(24-12-17-28(27)20-6-4-3-5-7-20)26-15-13-25(14-16-26)19-10-8-18(22)9-11-19/h3-11H,2,12-17H2,1H3,(H,23,24).